The van der Waals surface area contributed by atoms with Crippen molar-refractivity contribution in [1.82, 2.24) is 10.2 Å². The maximum atomic E-state index is 12.0. The number of aliphatic hydroxyl groups is 2. The van der Waals surface area contributed by atoms with Crippen LogP contribution in [0.15, 0.2) is 0 Å². The van der Waals surface area contributed by atoms with Gasteiger partial charge in [-0.2, -0.15) is 0 Å². The Hall–Kier alpha value is -0.520. The third-order valence-corrected chi connectivity index (χ3v) is 14.5. The van der Waals surface area contributed by atoms with Crippen molar-refractivity contribution in [3.05, 3.63) is 10.0 Å². The first kappa shape index (κ1) is 27.6. The van der Waals surface area contributed by atoms with Crippen LogP contribution in [0.1, 0.15) is 134 Å². The molecule has 0 radical (unpaired) electrons. The molecule has 1 heterocycles. The van der Waals surface area contributed by atoms with E-state index in [1.54, 1.807) is 0 Å². The Morgan fingerprint density at radius 1 is 0.895 bits per heavy atom. The zero-order chi connectivity index (χ0) is 26.7. The van der Waals surface area contributed by atoms with Crippen molar-refractivity contribution >= 4 is 11.3 Å². The first-order valence-corrected chi connectivity index (χ1v) is 17.3. The Balaban J connectivity index is 1.15. The summed E-state index contributed by atoms with van der Waals surface area (Å²) in [6, 6.07) is 0. The van der Waals surface area contributed by atoms with Gasteiger partial charge in [-0.1, -0.05) is 53.4 Å². The van der Waals surface area contributed by atoms with Gasteiger partial charge >= 0.3 is 0 Å². The Morgan fingerprint density at radius 2 is 1.63 bits per heavy atom. The van der Waals surface area contributed by atoms with Crippen LogP contribution in [0.4, 0.5) is 0 Å². The summed E-state index contributed by atoms with van der Waals surface area (Å²) in [7, 11) is 0. The fourth-order valence-electron chi connectivity index (χ4n) is 11.4. The van der Waals surface area contributed by atoms with Crippen LogP contribution in [0, 0.1) is 52.3 Å². The molecule has 5 saturated carbocycles. The van der Waals surface area contributed by atoms with Crippen molar-refractivity contribution in [1.29, 1.82) is 0 Å². The molecule has 6 rings (SSSR count). The lowest BCUT2D eigenvalue weighted by atomic mass is 9.41. The van der Waals surface area contributed by atoms with E-state index in [2.05, 4.69) is 37.9 Å². The second kappa shape index (κ2) is 10.7. The summed E-state index contributed by atoms with van der Waals surface area (Å²) in [5, 5.41) is 34.3. The average molecular weight is 543 g/mol. The van der Waals surface area contributed by atoms with Crippen LogP contribution in [-0.4, -0.2) is 32.6 Å². The van der Waals surface area contributed by atoms with Gasteiger partial charge in [0.2, 0.25) is 0 Å². The third-order valence-electron chi connectivity index (χ3n) is 13.4. The first-order chi connectivity index (χ1) is 18.3. The van der Waals surface area contributed by atoms with Crippen LogP contribution in [0.25, 0.3) is 0 Å². The van der Waals surface area contributed by atoms with Crippen molar-refractivity contribution < 1.29 is 10.2 Å². The molecule has 214 valence electrons. The number of nitrogens with zero attached hydrogens (tertiary/aromatic N) is 2. The molecule has 0 bridgehead atoms. The fraction of sp³-hybridized carbons (Fsp3) is 0.939. The van der Waals surface area contributed by atoms with Gasteiger partial charge in [0.1, 0.15) is 10.0 Å². The molecule has 0 aromatic carbocycles. The molecule has 1 aromatic rings. The Labute approximate surface area is 235 Å². The Morgan fingerprint density at radius 3 is 2.39 bits per heavy atom. The van der Waals surface area contributed by atoms with Gasteiger partial charge in [-0.15, -0.1) is 21.5 Å². The lowest BCUT2D eigenvalue weighted by Crippen LogP contribution is -2.62. The number of aryl methyl sites for hydroxylation is 1. The quantitative estimate of drug-likeness (QED) is 0.385. The zero-order valence-electron chi connectivity index (χ0n) is 24.6. The van der Waals surface area contributed by atoms with E-state index < -0.39 is 0 Å². The number of hydrogen-bond donors (Lipinski definition) is 2. The SMILES string of the molecule is CC[C@H]1[C@@H](O)[C@H]2[C@@H]3CC[C@H]([C@H](C)CCc4nnc(C5CCCCC5)s4)C3(C)CC[C@@H]2[C@@]2(C)CC[C@@H](O)C[C@@H]12. The van der Waals surface area contributed by atoms with Crippen molar-refractivity contribution in [2.75, 3.05) is 0 Å². The molecule has 1 unspecified atom stereocenters. The molecule has 5 fully saturated rings. The number of aliphatic hydroxyl groups excluding tert-OH is 2. The summed E-state index contributed by atoms with van der Waals surface area (Å²) in [6.07, 6.45) is 18.0. The Kier molecular flexibility index (Phi) is 7.79. The summed E-state index contributed by atoms with van der Waals surface area (Å²) in [5.74, 6) is 4.69. The van der Waals surface area contributed by atoms with Gasteiger partial charge in [0.15, 0.2) is 0 Å². The molecule has 5 aliphatic carbocycles. The highest BCUT2D eigenvalue weighted by Crippen LogP contribution is 2.69. The molecule has 11 atom stereocenters. The summed E-state index contributed by atoms with van der Waals surface area (Å²) in [6.45, 7) is 9.96. The summed E-state index contributed by atoms with van der Waals surface area (Å²) in [4.78, 5) is 0. The van der Waals surface area contributed by atoms with Gasteiger partial charge in [-0.05, 0) is 116 Å². The minimum Gasteiger partial charge on any atom is -0.393 e. The molecule has 1 aromatic heterocycles. The summed E-state index contributed by atoms with van der Waals surface area (Å²) in [5.41, 5.74) is 0.647. The van der Waals surface area contributed by atoms with Crippen molar-refractivity contribution in [2.45, 2.75) is 142 Å². The summed E-state index contributed by atoms with van der Waals surface area (Å²) < 4.78 is 0. The highest BCUT2D eigenvalue weighted by molar-refractivity contribution is 7.11. The predicted octanol–water partition coefficient (Wildman–Crippen LogP) is 7.78. The highest BCUT2D eigenvalue weighted by Gasteiger charge is 2.64. The topological polar surface area (TPSA) is 66.2 Å². The van der Waals surface area contributed by atoms with E-state index in [1.165, 1.54) is 74.2 Å². The maximum Gasteiger partial charge on any atom is 0.120 e. The lowest BCUT2D eigenvalue weighted by molar-refractivity contribution is -0.203. The van der Waals surface area contributed by atoms with E-state index in [0.29, 0.717) is 52.3 Å². The standard InChI is InChI=1S/C33H54N2O2S/c1-5-23-27-19-22(36)15-17-33(27,4)26-16-18-32(3)24(12-13-25(32)29(26)30(23)37)20(2)11-14-28-34-35-31(38-28)21-9-7-6-8-10-21/h20-27,29-30,36-37H,5-19H2,1-4H3/t20-,22-,23-,24-,25+,26+,27+,29+,30-,32?,33-/m1/s1. The molecule has 0 spiro atoms. The van der Waals surface area contributed by atoms with Crippen LogP contribution < -0.4 is 0 Å². The summed E-state index contributed by atoms with van der Waals surface area (Å²) >= 11 is 1.90. The van der Waals surface area contributed by atoms with E-state index in [4.69, 9.17) is 0 Å². The van der Waals surface area contributed by atoms with E-state index in [9.17, 15) is 10.2 Å². The van der Waals surface area contributed by atoms with Gasteiger partial charge in [0, 0.05) is 12.3 Å². The minimum absolute atomic E-state index is 0.164. The van der Waals surface area contributed by atoms with Gasteiger partial charge in [0.05, 0.1) is 12.2 Å². The van der Waals surface area contributed by atoms with E-state index in [0.717, 1.165) is 38.0 Å². The first-order valence-electron chi connectivity index (χ1n) is 16.4. The molecule has 38 heavy (non-hydrogen) atoms. The monoisotopic (exact) mass is 542 g/mol. The van der Waals surface area contributed by atoms with Gasteiger partial charge in [-0.3, -0.25) is 0 Å². The molecule has 0 saturated heterocycles. The molecular weight excluding hydrogens is 488 g/mol. The Bertz CT molecular complexity index is 961. The number of aromatic nitrogens is 2. The largest absolute Gasteiger partial charge is 0.393 e. The van der Waals surface area contributed by atoms with E-state index in [-0.39, 0.29) is 12.2 Å². The lowest BCUT2D eigenvalue weighted by Gasteiger charge is -2.64. The van der Waals surface area contributed by atoms with Crippen LogP contribution in [0.5, 0.6) is 0 Å². The van der Waals surface area contributed by atoms with Crippen LogP contribution in [0.2, 0.25) is 0 Å². The molecule has 0 aliphatic heterocycles. The molecular formula is C33H54N2O2S. The van der Waals surface area contributed by atoms with Crippen LogP contribution >= 0.6 is 11.3 Å². The van der Waals surface area contributed by atoms with Crippen molar-refractivity contribution in [3.63, 3.8) is 0 Å². The van der Waals surface area contributed by atoms with Crippen LogP contribution in [-0.2, 0) is 6.42 Å². The molecule has 5 heteroatoms. The smallest absolute Gasteiger partial charge is 0.120 e. The molecule has 5 aliphatic rings. The highest BCUT2D eigenvalue weighted by atomic mass is 32.1. The number of hydrogen-bond acceptors (Lipinski definition) is 5. The molecule has 2 N–H and O–H groups in total. The van der Waals surface area contributed by atoms with Crippen LogP contribution in [0.3, 0.4) is 0 Å². The zero-order valence-corrected chi connectivity index (χ0v) is 25.4. The second-order valence-electron chi connectivity index (χ2n) is 15.0. The number of rotatable bonds is 6. The maximum absolute atomic E-state index is 12.0. The van der Waals surface area contributed by atoms with Gasteiger partial charge < -0.3 is 10.2 Å². The van der Waals surface area contributed by atoms with E-state index in [1.807, 2.05) is 11.3 Å². The number of fused-ring (bicyclic) bond motifs is 5. The fourth-order valence-corrected chi connectivity index (χ4v) is 12.4. The molecule has 0 amide bonds. The van der Waals surface area contributed by atoms with Crippen molar-refractivity contribution in [2.24, 2.45) is 52.3 Å². The second-order valence-corrected chi connectivity index (χ2v) is 16.1. The normalized spacial score (nSPS) is 46.3. The third kappa shape index (κ3) is 4.53. The van der Waals surface area contributed by atoms with Crippen molar-refractivity contribution in [3.8, 4) is 0 Å². The molecule has 4 nitrogen and oxygen atoms in total. The average Bonchev–Trinajstić information content (AvgIpc) is 3.53. The minimum atomic E-state index is -0.188. The van der Waals surface area contributed by atoms with E-state index >= 15 is 0 Å². The van der Waals surface area contributed by atoms with Gasteiger partial charge in [0.25, 0.3) is 0 Å². The predicted molar refractivity (Wildman–Crippen MR) is 155 cm³/mol. The van der Waals surface area contributed by atoms with Gasteiger partial charge in [-0.25, -0.2) is 0 Å².